The summed E-state index contributed by atoms with van der Waals surface area (Å²) >= 11 is 0. The quantitative estimate of drug-likeness (QED) is 0.0509. The maximum Gasteiger partial charge on any atom is 0.325 e. The molecule has 0 rings (SSSR count). The number of primary amides is 1. The Morgan fingerprint density at radius 3 is 1.48 bits per heavy atom. The second kappa shape index (κ2) is 20.7. The smallest absolute Gasteiger partial charge is 0.325 e. The van der Waals surface area contributed by atoms with Crippen LogP contribution in [-0.4, -0.2) is 117 Å². The van der Waals surface area contributed by atoms with Crippen molar-refractivity contribution < 1.29 is 63.3 Å². The van der Waals surface area contributed by atoms with Crippen LogP contribution in [0.4, 0.5) is 0 Å². The number of carboxylic acid groups (broad SMARTS) is 3. The zero-order valence-electron chi connectivity index (χ0n) is 26.9. The van der Waals surface area contributed by atoms with Gasteiger partial charge in [0.05, 0.1) is 19.0 Å². The van der Waals surface area contributed by atoms with E-state index in [0.717, 1.165) is 6.92 Å². The Balaban J connectivity index is 5.50. The Morgan fingerprint density at radius 2 is 1.02 bits per heavy atom. The highest BCUT2D eigenvalue weighted by molar-refractivity contribution is 5.97. The second-order valence-electron chi connectivity index (χ2n) is 11.1. The van der Waals surface area contributed by atoms with E-state index in [4.69, 9.17) is 26.8 Å². The molecule has 21 nitrogen and oxygen atoms in total. The molecule has 0 spiro atoms. The summed E-state index contributed by atoms with van der Waals surface area (Å²) in [6, 6.07) is -8.40. The SMILES string of the molecule is CC(C)[C@H](N)C(=O)N[C@@H](CCC(=O)O)C(=O)N[C@@H](C)C(=O)NCC(=O)N[C@@H](CCC(=O)O)C(=O)N[C@@H](CC(N)=O)C(=O)N[C@@H](C)C(=O)O. The number of rotatable bonds is 22. The molecule has 6 atom stereocenters. The number of carbonyl (C=O) groups excluding carboxylic acids is 7. The van der Waals surface area contributed by atoms with Crippen LogP contribution >= 0.6 is 0 Å². The first-order valence-corrected chi connectivity index (χ1v) is 14.6. The molecule has 13 N–H and O–H groups in total. The normalized spacial score (nSPS) is 14.5. The predicted molar refractivity (Wildman–Crippen MR) is 162 cm³/mol. The lowest BCUT2D eigenvalue weighted by Crippen LogP contribution is -2.57. The standard InChI is InChI=1S/C27H44N8O13/c1-11(2)21(29)26(46)34-15(6-8-20(40)41)23(43)31-12(3)22(42)30-10-18(37)33-14(5-7-19(38)39)24(44)35-16(9-17(28)36)25(45)32-13(4)27(47)48/h11-16,21H,5-10,29H2,1-4H3,(H2,28,36)(H,30,42)(H,31,43)(H,32,45)(H,33,37)(H,34,46)(H,35,44)(H,38,39)(H,40,41)(H,47,48)/t12-,13-,14-,15-,16-,21-/m0/s1. The van der Waals surface area contributed by atoms with Gasteiger partial charge in [-0.2, -0.15) is 0 Å². The molecule has 0 unspecified atom stereocenters. The van der Waals surface area contributed by atoms with Gasteiger partial charge in [-0.25, -0.2) is 0 Å². The van der Waals surface area contributed by atoms with E-state index in [2.05, 4.69) is 26.6 Å². The maximum atomic E-state index is 12.9. The van der Waals surface area contributed by atoms with Crippen molar-refractivity contribution in [3.8, 4) is 0 Å². The van der Waals surface area contributed by atoms with Crippen LogP contribution in [-0.2, 0) is 47.9 Å². The molecule has 0 aliphatic rings. The fourth-order valence-corrected chi connectivity index (χ4v) is 3.65. The Labute approximate surface area is 274 Å². The van der Waals surface area contributed by atoms with Gasteiger partial charge < -0.3 is 58.7 Å². The molecule has 0 aliphatic heterocycles. The average molecular weight is 689 g/mol. The van der Waals surface area contributed by atoms with Crippen molar-refractivity contribution in [1.82, 2.24) is 31.9 Å². The van der Waals surface area contributed by atoms with Crippen LogP contribution in [0.2, 0.25) is 0 Å². The topological polar surface area (TPSA) is 356 Å². The van der Waals surface area contributed by atoms with Gasteiger partial charge in [0.25, 0.3) is 0 Å². The number of hydrogen-bond donors (Lipinski definition) is 11. The Bertz CT molecular complexity index is 1240. The molecular formula is C27H44N8O13. The van der Waals surface area contributed by atoms with E-state index >= 15 is 0 Å². The molecule has 0 saturated carbocycles. The van der Waals surface area contributed by atoms with Crippen molar-refractivity contribution >= 4 is 59.3 Å². The van der Waals surface area contributed by atoms with Gasteiger partial charge >= 0.3 is 17.9 Å². The average Bonchev–Trinajstić information content (AvgIpc) is 2.98. The number of amides is 7. The monoisotopic (exact) mass is 688 g/mol. The van der Waals surface area contributed by atoms with E-state index in [-0.39, 0.29) is 12.3 Å². The van der Waals surface area contributed by atoms with E-state index in [1.54, 1.807) is 13.8 Å². The molecule has 0 aliphatic carbocycles. The molecule has 0 aromatic heterocycles. The van der Waals surface area contributed by atoms with Crippen LogP contribution in [0.15, 0.2) is 0 Å². The molecule has 0 aromatic carbocycles. The van der Waals surface area contributed by atoms with Gasteiger partial charge in [-0.3, -0.25) is 47.9 Å². The fraction of sp³-hybridized carbons (Fsp3) is 0.630. The Hall–Kier alpha value is -5.34. The highest BCUT2D eigenvalue weighted by Crippen LogP contribution is 2.04. The molecule has 7 amide bonds. The number of hydrogen-bond acceptors (Lipinski definition) is 11. The third-order valence-corrected chi connectivity index (χ3v) is 6.54. The number of carbonyl (C=O) groups is 10. The zero-order valence-corrected chi connectivity index (χ0v) is 26.9. The first-order valence-electron chi connectivity index (χ1n) is 14.6. The van der Waals surface area contributed by atoms with E-state index in [9.17, 15) is 47.9 Å². The lowest BCUT2D eigenvalue weighted by molar-refractivity contribution is -0.142. The molecule has 0 heterocycles. The third-order valence-electron chi connectivity index (χ3n) is 6.54. The predicted octanol–water partition coefficient (Wildman–Crippen LogP) is -4.76. The number of carboxylic acids is 3. The van der Waals surface area contributed by atoms with Crippen LogP contribution in [0.5, 0.6) is 0 Å². The lowest BCUT2D eigenvalue weighted by atomic mass is 10.0. The van der Waals surface area contributed by atoms with E-state index in [0.29, 0.717) is 0 Å². The summed E-state index contributed by atoms with van der Waals surface area (Å²) in [5.74, 6) is -11.2. The number of nitrogens with two attached hydrogens (primary N) is 2. The summed E-state index contributed by atoms with van der Waals surface area (Å²) in [4.78, 5) is 120. The van der Waals surface area contributed by atoms with Crippen molar-refractivity contribution in [2.45, 2.75) is 96.1 Å². The van der Waals surface area contributed by atoms with Crippen molar-refractivity contribution in [3.05, 3.63) is 0 Å². The van der Waals surface area contributed by atoms with Crippen molar-refractivity contribution in [1.29, 1.82) is 0 Å². The largest absolute Gasteiger partial charge is 0.481 e. The number of nitrogens with one attached hydrogen (secondary N) is 6. The Kier molecular flexibility index (Phi) is 18.4. The van der Waals surface area contributed by atoms with Crippen molar-refractivity contribution in [2.24, 2.45) is 17.4 Å². The third kappa shape index (κ3) is 16.8. The lowest BCUT2D eigenvalue weighted by Gasteiger charge is -2.24. The van der Waals surface area contributed by atoms with Crippen LogP contribution in [0.3, 0.4) is 0 Å². The molecule has 0 bridgehead atoms. The summed E-state index contributed by atoms with van der Waals surface area (Å²) in [5.41, 5.74) is 10.9. The van der Waals surface area contributed by atoms with Gasteiger partial charge in [0, 0.05) is 12.8 Å². The van der Waals surface area contributed by atoms with Gasteiger partial charge in [0.2, 0.25) is 41.4 Å². The Morgan fingerprint density at radius 1 is 0.583 bits per heavy atom. The van der Waals surface area contributed by atoms with Gasteiger partial charge in [0.1, 0.15) is 30.2 Å². The van der Waals surface area contributed by atoms with Gasteiger partial charge in [0.15, 0.2) is 0 Å². The molecule has 0 fully saturated rings. The van der Waals surface area contributed by atoms with Crippen LogP contribution in [0.1, 0.15) is 59.8 Å². The fourth-order valence-electron chi connectivity index (χ4n) is 3.65. The van der Waals surface area contributed by atoms with Crippen LogP contribution < -0.4 is 43.4 Å². The zero-order chi connectivity index (χ0) is 37.3. The van der Waals surface area contributed by atoms with Crippen molar-refractivity contribution in [2.75, 3.05) is 6.54 Å². The van der Waals surface area contributed by atoms with E-state index < -0.39 is 128 Å². The summed E-state index contributed by atoms with van der Waals surface area (Å²) in [6.45, 7) is 4.85. The minimum Gasteiger partial charge on any atom is -0.481 e. The molecule has 0 aromatic rings. The molecular weight excluding hydrogens is 644 g/mol. The van der Waals surface area contributed by atoms with Crippen molar-refractivity contribution in [3.63, 3.8) is 0 Å². The molecule has 270 valence electrons. The molecule has 48 heavy (non-hydrogen) atoms. The highest BCUT2D eigenvalue weighted by atomic mass is 16.4. The van der Waals surface area contributed by atoms with E-state index in [1.807, 2.05) is 5.32 Å². The summed E-state index contributed by atoms with van der Waals surface area (Å²) in [7, 11) is 0. The highest BCUT2D eigenvalue weighted by Gasteiger charge is 2.31. The molecule has 0 radical (unpaired) electrons. The first kappa shape index (κ1) is 42.7. The van der Waals surface area contributed by atoms with Gasteiger partial charge in [-0.15, -0.1) is 0 Å². The number of aliphatic carboxylic acids is 3. The van der Waals surface area contributed by atoms with Crippen LogP contribution in [0, 0.1) is 5.92 Å². The van der Waals surface area contributed by atoms with Gasteiger partial charge in [-0.1, -0.05) is 13.8 Å². The summed E-state index contributed by atoms with van der Waals surface area (Å²) in [5, 5.41) is 40.2. The summed E-state index contributed by atoms with van der Waals surface area (Å²) in [6.07, 6.45) is -2.74. The molecule has 21 heteroatoms. The second-order valence-corrected chi connectivity index (χ2v) is 11.1. The van der Waals surface area contributed by atoms with Crippen LogP contribution in [0.25, 0.3) is 0 Å². The minimum atomic E-state index is -1.68. The summed E-state index contributed by atoms with van der Waals surface area (Å²) < 4.78 is 0. The van der Waals surface area contributed by atoms with E-state index in [1.165, 1.54) is 6.92 Å². The first-order chi connectivity index (χ1) is 22.2. The van der Waals surface area contributed by atoms with Gasteiger partial charge in [-0.05, 0) is 32.6 Å². The molecule has 0 saturated heterocycles. The maximum absolute atomic E-state index is 12.9. The minimum absolute atomic E-state index is 0.303.